The number of benzene rings is 1. The number of ether oxygens (including phenoxy) is 1. The topological polar surface area (TPSA) is 19.0 Å². The molecule has 0 amide bonds. The molecule has 2 heterocycles. The Balaban J connectivity index is 1.57. The van der Waals surface area contributed by atoms with Crippen molar-refractivity contribution in [3.05, 3.63) is 84.0 Å². The first-order chi connectivity index (χ1) is 13.1. The molecule has 1 aromatic rings. The van der Waals surface area contributed by atoms with Crippen molar-refractivity contribution in [2.75, 3.05) is 39.1 Å². The van der Waals surface area contributed by atoms with Gasteiger partial charge in [-0.3, -0.25) is 0 Å². The van der Waals surface area contributed by atoms with E-state index in [1.165, 1.54) is 11.1 Å². The number of anilines is 1. The molecule has 140 valence electrons. The third-order valence-corrected chi connectivity index (χ3v) is 5.21. The molecule has 4 nitrogen and oxygen atoms in total. The van der Waals surface area contributed by atoms with Gasteiger partial charge in [-0.05, 0) is 56.4 Å². The molecule has 0 fully saturated rings. The summed E-state index contributed by atoms with van der Waals surface area (Å²) in [5.41, 5.74) is 3.64. The highest BCUT2D eigenvalue weighted by molar-refractivity contribution is 5.66. The third-order valence-electron chi connectivity index (χ3n) is 5.21. The second-order valence-electron chi connectivity index (χ2n) is 7.42. The second kappa shape index (κ2) is 7.49. The van der Waals surface area contributed by atoms with Gasteiger partial charge in [0, 0.05) is 25.9 Å². The summed E-state index contributed by atoms with van der Waals surface area (Å²) in [6.07, 6.45) is 16.5. The number of rotatable bonds is 5. The Bertz CT molecular complexity index is 860. The summed E-state index contributed by atoms with van der Waals surface area (Å²) in [4.78, 5) is 6.77. The Morgan fingerprint density at radius 1 is 1.15 bits per heavy atom. The molecule has 1 unspecified atom stereocenters. The second-order valence-corrected chi connectivity index (χ2v) is 7.42. The first-order valence-electron chi connectivity index (χ1n) is 9.53. The molecule has 1 aliphatic carbocycles. The van der Waals surface area contributed by atoms with E-state index < -0.39 is 0 Å². The van der Waals surface area contributed by atoms with Crippen LogP contribution in [0.4, 0.5) is 5.69 Å². The zero-order valence-corrected chi connectivity index (χ0v) is 16.3. The summed E-state index contributed by atoms with van der Waals surface area (Å²) in [6.45, 7) is 2.15. The molecule has 4 heteroatoms. The maximum atomic E-state index is 6.08. The third kappa shape index (κ3) is 3.58. The average Bonchev–Trinajstić information content (AvgIpc) is 2.99. The Hall–Kier alpha value is -2.72. The highest BCUT2D eigenvalue weighted by Gasteiger charge is 2.26. The lowest BCUT2D eigenvalue weighted by Crippen LogP contribution is -2.35. The van der Waals surface area contributed by atoms with E-state index in [1.807, 2.05) is 18.2 Å². The summed E-state index contributed by atoms with van der Waals surface area (Å²) in [6, 6.07) is 8.44. The molecule has 0 spiro atoms. The van der Waals surface area contributed by atoms with Crippen molar-refractivity contribution < 1.29 is 4.74 Å². The maximum Gasteiger partial charge on any atom is 0.201 e. The van der Waals surface area contributed by atoms with Crippen molar-refractivity contribution in [2.45, 2.75) is 12.5 Å². The molecular weight excluding hydrogens is 334 g/mol. The van der Waals surface area contributed by atoms with Crippen LogP contribution in [-0.2, 0) is 0 Å². The molecule has 4 rings (SSSR count). The van der Waals surface area contributed by atoms with Crippen molar-refractivity contribution >= 4 is 5.69 Å². The minimum absolute atomic E-state index is 0.295. The van der Waals surface area contributed by atoms with Gasteiger partial charge < -0.3 is 19.4 Å². The molecule has 3 aliphatic rings. The van der Waals surface area contributed by atoms with Crippen LogP contribution in [0.2, 0.25) is 0 Å². The normalized spacial score (nSPS) is 21.9. The van der Waals surface area contributed by atoms with Crippen LogP contribution in [0.5, 0.6) is 5.75 Å². The number of allylic oxidation sites excluding steroid dienone is 5. The molecule has 2 aliphatic heterocycles. The number of hydrogen-bond donors (Lipinski definition) is 0. The van der Waals surface area contributed by atoms with Crippen molar-refractivity contribution in [1.82, 2.24) is 9.80 Å². The molecule has 0 saturated carbocycles. The minimum Gasteiger partial charge on any atom is -0.439 e. The highest BCUT2D eigenvalue weighted by atomic mass is 16.5. The monoisotopic (exact) mass is 361 g/mol. The van der Waals surface area contributed by atoms with Crippen molar-refractivity contribution in [2.24, 2.45) is 0 Å². The van der Waals surface area contributed by atoms with Crippen LogP contribution in [-0.4, -0.2) is 50.1 Å². The number of hydrogen-bond acceptors (Lipinski definition) is 4. The summed E-state index contributed by atoms with van der Waals surface area (Å²) in [5, 5.41) is 0. The lowest BCUT2D eigenvalue weighted by atomic mass is 9.92. The lowest BCUT2D eigenvalue weighted by Gasteiger charge is -2.35. The van der Waals surface area contributed by atoms with E-state index in [9.17, 15) is 0 Å². The summed E-state index contributed by atoms with van der Waals surface area (Å²) < 4.78 is 6.08. The van der Waals surface area contributed by atoms with E-state index >= 15 is 0 Å². The molecule has 0 aromatic heterocycles. The smallest absolute Gasteiger partial charge is 0.201 e. The molecule has 0 N–H and O–H groups in total. The zero-order chi connectivity index (χ0) is 18.8. The van der Waals surface area contributed by atoms with Gasteiger partial charge in [-0.1, -0.05) is 36.4 Å². The fraction of sp³-hybridized carbons (Fsp3) is 0.304. The molecule has 1 atom stereocenters. The Morgan fingerprint density at radius 2 is 2.00 bits per heavy atom. The molecule has 0 radical (unpaired) electrons. The van der Waals surface area contributed by atoms with Crippen LogP contribution >= 0.6 is 0 Å². The van der Waals surface area contributed by atoms with Gasteiger partial charge >= 0.3 is 0 Å². The number of fused-ring (bicyclic) bond motifs is 2. The van der Waals surface area contributed by atoms with E-state index in [0.29, 0.717) is 6.04 Å². The minimum atomic E-state index is 0.295. The zero-order valence-electron chi connectivity index (χ0n) is 16.3. The van der Waals surface area contributed by atoms with Crippen molar-refractivity contribution in [3.63, 3.8) is 0 Å². The van der Waals surface area contributed by atoms with Gasteiger partial charge in [0.15, 0.2) is 5.75 Å². The number of nitrogens with zero attached hydrogens (tertiary/aromatic N) is 3. The van der Waals surface area contributed by atoms with Gasteiger partial charge in [0.2, 0.25) is 5.88 Å². The Morgan fingerprint density at radius 3 is 2.81 bits per heavy atom. The van der Waals surface area contributed by atoms with Crippen molar-refractivity contribution in [1.29, 1.82) is 0 Å². The van der Waals surface area contributed by atoms with E-state index in [0.717, 1.165) is 36.8 Å². The quantitative estimate of drug-likeness (QED) is 0.791. The Kier molecular flexibility index (Phi) is 4.90. The summed E-state index contributed by atoms with van der Waals surface area (Å²) in [5.74, 6) is 1.78. The van der Waals surface area contributed by atoms with Gasteiger partial charge in [-0.2, -0.15) is 0 Å². The summed E-state index contributed by atoms with van der Waals surface area (Å²) in [7, 11) is 6.30. The van der Waals surface area contributed by atoms with Crippen LogP contribution in [0.1, 0.15) is 6.42 Å². The van der Waals surface area contributed by atoms with Gasteiger partial charge in [-0.25, -0.2) is 0 Å². The molecular formula is C23H27N3O. The van der Waals surface area contributed by atoms with Gasteiger partial charge in [0.05, 0.1) is 11.7 Å². The van der Waals surface area contributed by atoms with Gasteiger partial charge in [0.25, 0.3) is 0 Å². The average molecular weight is 361 g/mol. The van der Waals surface area contributed by atoms with Gasteiger partial charge in [0.1, 0.15) is 0 Å². The highest BCUT2D eigenvalue weighted by Crippen LogP contribution is 2.38. The molecule has 1 aromatic carbocycles. The standard InChI is InChI=1S/C23H27N3O/c1-24(2)14-8-15-26-16-13-18(19-9-4-5-10-20(19)26)17-23-25(3)21-11-6-7-12-22(21)27-23/h4-7,9-13,16-17,20H,8,14-15H2,1-3H3/b23-17-. The fourth-order valence-electron chi connectivity index (χ4n) is 3.75. The fourth-order valence-corrected chi connectivity index (χ4v) is 3.75. The molecule has 0 saturated heterocycles. The van der Waals surface area contributed by atoms with Crippen LogP contribution in [0, 0.1) is 0 Å². The molecule has 27 heavy (non-hydrogen) atoms. The van der Waals surface area contributed by atoms with E-state index in [2.05, 4.69) is 84.6 Å². The van der Waals surface area contributed by atoms with Crippen LogP contribution < -0.4 is 9.64 Å². The SMILES string of the molecule is CN(C)CCCN1C=CC(/C=C2\Oc3ccccc3N2C)=C2C=CC=CC21. The van der Waals surface area contributed by atoms with Gasteiger partial charge in [-0.15, -0.1) is 0 Å². The maximum absolute atomic E-state index is 6.08. The van der Waals surface area contributed by atoms with E-state index in [-0.39, 0.29) is 0 Å². The van der Waals surface area contributed by atoms with E-state index in [1.54, 1.807) is 0 Å². The largest absolute Gasteiger partial charge is 0.439 e. The van der Waals surface area contributed by atoms with Crippen LogP contribution in [0.25, 0.3) is 0 Å². The van der Waals surface area contributed by atoms with Crippen LogP contribution in [0.3, 0.4) is 0 Å². The first kappa shape index (κ1) is 17.7. The van der Waals surface area contributed by atoms with Crippen LogP contribution in [0.15, 0.2) is 84.0 Å². The predicted octanol–water partition coefficient (Wildman–Crippen LogP) is 3.93. The lowest BCUT2D eigenvalue weighted by molar-refractivity contribution is 0.308. The number of para-hydroxylation sites is 2. The summed E-state index contributed by atoms with van der Waals surface area (Å²) >= 11 is 0. The first-order valence-corrected chi connectivity index (χ1v) is 9.53. The van der Waals surface area contributed by atoms with E-state index in [4.69, 9.17) is 4.74 Å². The molecule has 0 bridgehead atoms. The Labute approximate surface area is 162 Å². The predicted molar refractivity (Wildman–Crippen MR) is 112 cm³/mol. The van der Waals surface area contributed by atoms with Crippen molar-refractivity contribution in [3.8, 4) is 5.75 Å².